The van der Waals surface area contributed by atoms with E-state index in [4.69, 9.17) is 5.11 Å². The predicted molar refractivity (Wildman–Crippen MR) is 76.9 cm³/mol. The molecule has 0 aliphatic rings. The number of benzene rings is 2. The lowest BCUT2D eigenvalue weighted by atomic mass is 10.0. The third kappa shape index (κ3) is 3.23. The first-order valence-corrected chi connectivity index (χ1v) is 6.27. The second-order valence-electron chi connectivity index (χ2n) is 4.50. The highest BCUT2D eigenvalue weighted by atomic mass is 16.4. The summed E-state index contributed by atoms with van der Waals surface area (Å²) >= 11 is 0. The molecule has 0 fully saturated rings. The van der Waals surface area contributed by atoms with Gasteiger partial charge in [-0.15, -0.1) is 0 Å². The Morgan fingerprint density at radius 3 is 2.15 bits per heavy atom. The molecular weight excluding hydrogens is 254 g/mol. The molecule has 2 N–H and O–H groups in total. The van der Waals surface area contributed by atoms with Crippen molar-refractivity contribution in [3.63, 3.8) is 0 Å². The minimum absolute atomic E-state index is 0.126. The number of carbonyl (C=O) groups excluding carboxylic acids is 1. The van der Waals surface area contributed by atoms with Gasteiger partial charge in [-0.1, -0.05) is 30.3 Å². The van der Waals surface area contributed by atoms with Crippen LogP contribution < -0.4 is 5.32 Å². The highest BCUT2D eigenvalue weighted by molar-refractivity contribution is 5.96. The zero-order valence-corrected chi connectivity index (χ0v) is 11.0. The Labute approximate surface area is 117 Å². The van der Waals surface area contributed by atoms with E-state index in [0.29, 0.717) is 5.69 Å². The van der Waals surface area contributed by atoms with Crippen molar-refractivity contribution in [2.24, 2.45) is 0 Å². The van der Waals surface area contributed by atoms with Crippen molar-refractivity contribution in [1.82, 2.24) is 0 Å². The molecule has 4 nitrogen and oxygen atoms in total. The molecule has 0 heterocycles. The second-order valence-corrected chi connectivity index (χ2v) is 4.50. The maximum Gasteiger partial charge on any atom is 0.335 e. The van der Waals surface area contributed by atoms with Crippen LogP contribution >= 0.6 is 0 Å². The molecule has 2 aromatic rings. The Morgan fingerprint density at radius 1 is 1.00 bits per heavy atom. The van der Waals surface area contributed by atoms with Gasteiger partial charge in [-0.05, 0) is 36.8 Å². The Bertz CT molecular complexity index is 605. The van der Waals surface area contributed by atoms with E-state index in [2.05, 4.69) is 5.32 Å². The minimum Gasteiger partial charge on any atom is -0.478 e. The number of carboxylic acids is 1. The number of amides is 1. The first-order chi connectivity index (χ1) is 9.58. The molecule has 0 aliphatic heterocycles. The van der Waals surface area contributed by atoms with Crippen LogP contribution in [0.4, 0.5) is 5.69 Å². The first-order valence-electron chi connectivity index (χ1n) is 6.27. The molecule has 0 aromatic heterocycles. The summed E-state index contributed by atoms with van der Waals surface area (Å²) in [4.78, 5) is 22.8. The van der Waals surface area contributed by atoms with Gasteiger partial charge < -0.3 is 10.4 Å². The van der Waals surface area contributed by atoms with E-state index in [1.807, 2.05) is 37.3 Å². The van der Waals surface area contributed by atoms with Crippen molar-refractivity contribution in [3.05, 3.63) is 65.7 Å². The lowest BCUT2D eigenvalue weighted by Gasteiger charge is -2.12. The number of hydrogen-bond donors (Lipinski definition) is 2. The Kier molecular flexibility index (Phi) is 4.15. The normalized spacial score (nSPS) is 11.7. The number of hydrogen-bond acceptors (Lipinski definition) is 2. The van der Waals surface area contributed by atoms with Gasteiger partial charge in [0.15, 0.2) is 0 Å². The number of rotatable bonds is 4. The maximum atomic E-state index is 12.1. The average Bonchev–Trinajstić information content (AvgIpc) is 2.48. The van der Waals surface area contributed by atoms with Crippen molar-refractivity contribution in [2.45, 2.75) is 12.8 Å². The summed E-state index contributed by atoms with van der Waals surface area (Å²) < 4.78 is 0. The van der Waals surface area contributed by atoms with Gasteiger partial charge in [0, 0.05) is 5.69 Å². The van der Waals surface area contributed by atoms with E-state index < -0.39 is 5.97 Å². The second kappa shape index (κ2) is 6.02. The summed E-state index contributed by atoms with van der Waals surface area (Å²) in [5.74, 6) is -1.38. The molecule has 0 aliphatic carbocycles. The zero-order valence-electron chi connectivity index (χ0n) is 11.0. The predicted octanol–water partition coefficient (Wildman–Crippen LogP) is 3.13. The van der Waals surface area contributed by atoms with Gasteiger partial charge in [0.25, 0.3) is 0 Å². The Hall–Kier alpha value is -2.62. The van der Waals surface area contributed by atoms with Crippen LogP contribution in [-0.2, 0) is 4.79 Å². The third-order valence-electron chi connectivity index (χ3n) is 3.09. The quantitative estimate of drug-likeness (QED) is 0.896. The molecule has 0 radical (unpaired) electrons. The number of nitrogens with one attached hydrogen (secondary N) is 1. The van der Waals surface area contributed by atoms with Crippen LogP contribution in [0.15, 0.2) is 54.6 Å². The first kappa shape index (κ1) is 13.8. The van der Waals surface area contributed by atoms with Crippen LogP contribution in [0.3, 0.4) is 0 Å². The summed E-state index contributed by atoms with van der Waals surface area (Å²) in [5.41, 5.74) is 1.72. The van der Waals surface area contributed by atoms with Gasteiger partial charge in [0.1, 0.15) is 0 Å². The molecular formula is C16H15NO3. The van der Waals surface area contributed by atoms with E-state index in [-0.39, 0.29) is 17.4 Å². The number of carboxylic acid groups (broad SMARTS) is 1. The molecule has 20 heavy (non-hydrogen) atoms. The molecule has 102 valence electrons. The summed E-state index contributed by atoms with van der Waals surface area (Å²) in [5, 5.41) is 11.6. The molecule has 1 amide bonds. The van der Waals surface area contributed by atoms with Crippen LogP contribution in [0.5, 0.6) is 0 Å². The minimum atomic E-state index is -0.986. The zero-order chi connectivity index (χ0) is 14.5. The summed E-state index contributed by atoms with van der Waals surface area (Å²) in [7, 11) is 0. The van der Waals surface area contributed by atoms with Crippen LogP contribution in [-0.4, -0.2) is 17.0 Å². The van der Waals surface area contributed by atoms with Gasteiger partial charge in [-0.2, -0.15) is 0 Å². The molecule has 0 unspecified atom stereocenters. The fourth-order valence-electron chi connectivity index (χ4n) is 1.84. The monoisotopic (exact) mass is 269 g/mol. The van der Waals surface area contributed by atoms with Gasteiger partial charge in [0.2, 0.25) is 5.91 Å². The molecule has 0 spiro atoms. The lowest BCUT2D eigenvalue weighted by Crippen LogP contribution is -2.18. The smallest absolute Gasteiger partial charge is 0.335 e. The van der Waals surface area contributed by atoms with Gasteiger partial charge >= 0.3 is 5.97 Å². The van der Waals surface area contributed by atoms with Crippen LogP contribution in [0.2, 0.25) is 0 Å². The summed E-state index contributed by atoms with van der Waals surface area (Å²) in [6.45, 7) is 1.83. The van der Waals surface area contributed by atoms with Crippen LogP contribution in [0.1, 0.15) is 28.8 Å². The van der Waals surface area contributed by atoms with Crippen LogP contribution in [0.25, 0.3) is 0 Å². The van der Waals surface area contributed by atoms with Crippen molar-refractivity contribution >= 4 is 17.6 Å². The number of anilines is 1. The van der Waals surface area contributed by atoms with Crippen LogP contribution in [0, 0.1) is 0 Å². The Balaban J connectivity index is 2.06. The highest BCUT2D eigenvalue weighted by Crippen LogP contribution is 2.18. The van der Waals surface area contributed by atoms with Crippen molar-refractivity contribution < 1.29 is 14.7 Å². The number of carbonyl (C=O) groups is 2. The van der Waals surface area contributed by atoms with Crippen molar-refractivity contribution in [1.29, 1.82) is 0 Å². The van der Waals surface area contributed by atoms with Crippen molar-refractivity contribution in [2.75, 3.05) is 5.32 Å². The SMILES string of the molecule is C[C@H](C(=O)Nc1ccc(C(=O)O)cc1)c1ccccc1. The fourth-order valence-corrected chi connectivity index (χ4v) is 1.84. The lowest BCUT2D eigenvalue weighted by molar-refractivity contribution is -0.117. The van der Waals surface area contributed by atoms with Gasteiger partial charge in [0.05, 0.1) is 11.5 Å². The standard InChI is InChI=1S/C16H15NO3/c1-11(12-5-3-2-4-6-12)15(18)17-14-9-7-13(8-10-14)16(19)20/h2-11H,1H3,(H,17,18)(H,19,20)/t11-/m0/s1. The molecule has 2 aromatic carbocycles. The van der Waals surface area contributed by atoms with Gasteiger partial charge in [-0.3, -0.25) is 4.79 Å². The molecule has 4 heteroatoms. The van der Waals surface area contributed by atoms with E-state index in [9.17, 15) is 9.59 Å². The van der Waals surface area contributed by atoms with E-state index in [1.165, 1.54) is 12.1 Å². The average molecular weight is 269 g/mol. The van der Waals surface area contributed by atoms with Gasteiger partial charge in [-0.25, -0.2) is 4.79 Å². The third-order valence-corrected chi connectivity index (χ3v) is 3.09. The van der Waals surface area contributed by atoms with E-state index in [1.54, 1.807) is 12.1 Å². The summed E-state index contributed by atoms with van der Waals surface area (Å²) in [6.07, 6.45) is 0. The molecule has 0 saturated carbocycles. The number of aromatic carboxylic acids is 1. The van der Waals surface area contributed by atoms with Crippen molar-refractivity contribution in [3.8, 4) is 0 Å². The Morgan fingerprint density at radius 2 is 1.60 bits per heavy atom. The maximum absolute atomic E-state index is 12.1. The fraction of sp³-hybridized carbons (Fsp3) is 0.125. The summed E-state index contributed by atoms with van der Waals surface area (Å²) in [6, 6.07) is 15.6. The topological polar surface area (TPSA) is 66.4 Å². The van der Waals surface area contributed by atoms with E-state index in [0.717, 1.165) is 5.56 Å². The molecule has 1 atom stereocenters. The van der Waals surface area contributed by atoms with E-state index >= 15 is 0 Å². The largest absolute Gasteiger partial charge is 0.478 e. The molecule has 0 saturated heterocycles. The highest BCUT2D eigenvalue weighted by Gasteiger charge is 2.15. The molecule has 0 bridgehead atoms. The molecule has 2 rings (SSSR count).